The summed E-state index contributed by atoms with van der Waals surface area (Å²) >= 11 is 4.41. The molecule has 1 aromatic rings. The van der Waals surface area contributed by atoms with Crippen LogP contribution in [0.5, 0.6) is 0 Å². The maximum Gasteiger partial charge on any atom is 0.0301 e. The number of hydrogen-bond acceptors (Lipinski definition) is 1. The highest BCUT2D eigenvalue weighted by atomic mass is 32.1. The van der Waals surface area contributed by atoms with Crippen molar-refractivity contribution in [3.8, 4) is 0 Å². The summed E-state index contributed by atoms with van der Waals surface area (Å²) in [6.45, 7) is 3.67. The quantitative estimate of drug-likeness (QED) is 0.514. The first kappa shape index (κ1) is 8.41. The number of thiol groups is 1. The molecular formula is C10H11S. The topological polar surface area (TPSA) is 0 Å². The summed E-state index contributed by atoms with van der Waals surface area (Å²) in [5, 5.41) is 0.280. The fourth-order valence-corrected chi connectivity index (χ4v) is 1.24. The van der Waals surface area contributed by atoms with Crippen molar-refractivity contribution in [1.82, 2.24) is 0 Å². The van der Waals surface area contributed by atoms with Crippen LogP contribution in [0.25, 0.3) is 0 Å². The normalized spacial score (nSPS) is 12.5. The van der Waals surface area contributed by atoms with Crippen molar-refractivity contribution in [3.05, 3.63) is 48.6 Å². The van der Waals surface area contributed by atoms with E-state index in [4.69, 9.17) is 0 Å². The summed E-state index contributed by atoms with van der Waals surface area (Å²) in [6.07, 6.45) is 2.79. The van der Waals surface area contributed by atoms with Crippen molar-refractivity contribution in [1.29, 1.82) is 0 Å². The molecule has 11 heavy (non-hydrogen) atoms. The van der Waals surface area contributed by atoms with Crippen molar-refractivity contribution in [2.24, 2.45) is 0 Å². The van der Waals surface area contributed by atoms with Crippen LogP contribution in [0.4, 0.5) is 0 Å². The fraction of sp³-hybridized carbons (Fsp3) is 0.200. The van der Waals surface area contributed by atoms with E-state index in [1.807, 2.05) is 30.3 Å². The number of benzene rings is 1. The van der Waals surface area contributed by atoms with Gasteiger partial charge >= 0.3 is 0 Å². The third kappa shape index (κ3) is 2.43. The Hall–Kier alpha value is -0.690. The van der Waals surface area contributed by atoms with Gasteiger partial charge in [-0.25, -0.2) is 0 Å². The van der Waals surface area contributed by atoms with Gasteiger partial charge in [0.15, 0.2) is 0 Å². The van der Waals surface area contributed by atoms with E-state index >= 15 is 0 Å². The van der Waals surface area contributed by atoms with E-state index in [2.05, 4.69) is 25.3 Å². The minimum absolute atomic E-state index is 0.280. The Labute approximate surface area is 73.4 Å². The molecule has 0 nitrogen and oxygen atoms in total. The average Bonchev–Trinajstić information content (AvgIpc) is 2.07. The summed E-state index contributed by atoms with van der Waals surface area (Å²) in [6, 6.07) is 10.8. The highest BCUT2D eigenvalue weighted by molar-refractivity contribution is 7.80. The Morgan fingerprint density at radius 1 is 1.55 bits per heavy atom. The van der Waals surface area contributed by atoms with Gasteiger partial charge < -0.3 is 0 Å². The Morgan fingerprint density at radius 3 is 2.73 bits per heavy atom. The lowest BCUT2D eigenvalue weighted by Gasteiger charge is -2.06. The predicted octanol–water partition coefficient (Wildman–Crippen LogP) is 3.03. The molecule has 0 N–H and O–H groups in total. The third-order valence-corrected chi connectivity index (χ3v) is 2.03. The first-order valence-electron chi connectivity index (χ1n) is 3.59. The van der Waals surface area contributed by atoms with E-state index in [1.54, 1.807) is 0 Å². The fourth-order valence-electron chi connectivity index (χ4n) is 0.916. The van der Waals surface area contributed by atoms with Crippen LogP contribution < -0.4 is 0 Å². The zero-order valence-electron chi connectivity index (χ0n) is 6.33. The van der Waals surface area contributed by atoms with Crippen LogP contribution in [0.15, 0.2) is 36.9 Å². The lowest BCUT2D eigenvalue weighted by molar-refractivity contribution is 0.981. The van der Waals surface area contributed by atoms with Crippen molar-refractivity contribution in [3.63, 3.8) is 0 Å². The summed E-state index contributed by atoms with van der Waals surface area (Å²) in [7, 11) is 0. The molecule has 57 valence electrons. The average molecular weight is 163 g/mol. The monoisotopic (exact) mass is 163 g/mol. The van der Waals surface area contributed by atoms with Gasteiger partial charge in [0.05, 0.1) is 0 Å². The highest BCUT2D eigenvalue weighted by Crippen LogP contribution is 2.22. The van der Waals surface area contributed by atoms with E-state index in [1.165, 1.54) is 5.56 Å². The summed E-state index contributed by atoms with van der Waals surface area (Å²) in [4.78, 5) is 0. The molecule has 1 aromatic carbocycles. The molecular weight excluding hydrogens is 152 g/mol. The SMILES string of the molecule is C=CCC(S)c1cc[c]cc1. The smallest absolute Gasteiger partial charge is 0.0301 e. The molecule has 1 radical (unpaired) electrons. The van der Waals surface area contributed by atoms with Crippen LogP contribution in [-0.4, -0.2) is 0 Å². The molecule has 0 aliphatic carbocycles. The minimum atomic E-state index is 0.280. The van der Waals surface area contributed by atoms with Gasteiger partial charge in [-0.3, -0.25) is 0 Å². The van der Waals surface area contributed by atoms with Crippen molar-refractivity contribution >= 4 is 12.6 Å². The molecule has 1 unspecified atom stereocenters. The molecule has 0 fully saturated rings. The van der Waals surface area contributed by atoms with Crippen LogP contribution >= 0.6 is 12.6 Å². The maximum atomic E-state index is 4.41. The van der Waals surface area contributed by atoms with Gasteiger partial charge in [0.25, 0.3) is 0 Å². The second kappa shape index (κ2) is 4.24. The Bertz CT molecular complexity index is 216. The van der Waals surface area contributed by atoms with E-state index in [0.717, 1.165) is 6.42 Å². The molecule has 0 aromatic heterocycles. The zero-order valence-corrected chi connectivity index (χ0v) is 7.22. The molecule has 0 amide bonds. The first-order chi connectivity index (χ1) is 5.34. The van der Waals surface area contributed by atoms with E-state index in [9.17, 15) is 0 Å². The maximum absolute atomic E-state index is 4.41. The molecule has 1 atom stereocenters. The van der Waals surface area contributed by atoms with Gasteiger partial charge in [-0.1, -0.05) is 30.3 Å². The van der Waals surface area contributed by atoms with Gasteiger partial charge in [0.2, 0.25) is 0 Å². The van der Waals surface area contributed by atoms with Gasteiger partial charge in [-0.2, -0.15) is 12.6 Å². The van der Waals surface area contributed by atoms with Crippen molar-refractivity contribution in [2.45, 2.75) is 11.7 Å². The number of hydrogen-bond donors (Lipinski definition) is 1. The molecule has 0 spiro atoms. The van der Waals surface area contributed by atoms with Crippen LogP contribution in [-0.2, 0) is 0 Å². The summed E-state index contributed by atoms with van der Waals surface area (Å²) in [5.74, 6) is 0. The Balaban J connectivity index is 2.68. The first-order valence-corrected chi connectivity index (χ1v) is 4.11. The molecule has 1 heteroatoms. The van der Waals surface area contributed by atoms with Crippen LogP contribution in [0.3, 0.4) is 0 Å². The molecule has 0 saturated heterocycles. The van der Waals surface area contributed by atoms with E-state index in [0.29, 0.717) is 0 Å². The molecule has 0 saturated carbocycles. The number of allylic oxidation sites excluding steroid dienone is 1. The van der Waals surface area contributed by atoms with Crippen LogP contribution in [0, 0.1) is 6.07 Å². The van der Waals surface area contributed by atoms with Gasteiger partial charge in [-0.05, 0) is 18.1 Å². The minimum Gasteiger partial charge on any atom is -0.171 e. The summed E-state index contributed by atoms with van der Waals surface area (Å²) < 4.78 is 0. The standard InChI is InChI=1S/C10H11S/c1-2-6-10(11)9-7-4-3-5-8-9/h2,4-5,7-8,10-11H,1,6H2. The number of rotatable bonds is 3. The van der Waals surface area contributed by atoms with Crippen LogP contribution in [0.1, 0.15) is 17.2 Å². The molecule has 1 rings (SSSR count). The van der Waals surface area contributed by atoms with E-state index < -0.39 is 0 Å². The Morgan fingerprint density at radius 2 is 2.18 bits per heavy atom. The lowest BCUT2D eigenvalue weighted by Crippen LogP contribution is -1.86. The summed E-state index contributed by atoms with van der Waals surface area (Å²) in [5.41, 5.74) is 1.23. The van der Waals surface area contributed by atoms with Gasteiger partial charge in [0, 0.05) is 5.25 Å². The van der Waals surface area contributed by atoms with Gasteiger partial charge in [0.1, 0.15) is 0 Å². The van der Waals surface area contributed by atoms with Crippen molar-refractivity contribution in [2.75, 3.05) is 0 Å². The molecule has 0 aliphatic heterocycles. The van der Waals surface area contributed by atoms with E-state index in [-0.39, 0.29) is 5.25 Å². The highest BCUT2D eigenvalue weighted by Gasteiger charge is 2.01. The molecule has 0 aliphatic rings. The van der Waals surface area contributed by atoms with Crippen molar-refractivity contribution < 1.29 is 0 Å². The zero-order chi connectivity index (χ0) is 8.10. The Kier molecular flexibility index (Phi) is 3.24. The predicted molar refractivity (Wildman–Crippen MR) is 51.8 cm³/mol. The lowest BCUT2D eigenvalue weighted by atomic mass is 10.1. The largest absolute Gasteiger partial charge is 0.171 e. The van der Waals surface area contributed by atoms with Crippen LogP contribution in [0.2, 0.25) is 0 Å². The second-order valence-corrected chi connectivity index (χ2v) is 3.00. The third-order valence-electron chi connectivity index (χ3n) is 1.52. The molecule has 0 heterocycles. The second-order valence-electron chi connectivity index (χ2n) is 2.37. The molecule has 0 bridgehead atoms. The van der Waals surface area contributed by atoms with Gasteiger partial charge in [-0.15, -0.1) is 6.58 Å².